The van der Waals surface area contributed by atoms with Crippen LogP contribution in [0, 0.1) is 0 Å². The van der Waals surface area contributed by atoms with Crippen molar-refractivity contribution in [2.75, 3.05) is 7.11 Å². The van der Waals surface area contributed by atoms with Crippen LogP contribution >= 0.6 is 0 Å². The number of methoxy groups -OCH3 is 1. The Kier molecular flexibility index (Phi) is 3.71. The molecule has 3 N–H and O–H groups in total. The molecule has 0 bridgehead atoms. The number of carboxylic acid groups (broad SMARTS) is 1. The first-order valence-electron chi connectivity index (χ1n) is 4.38. The number of oxime groups is 1. The Bertz CT molecular complexity index is 427. The van der Waals surface area contributed by atoms with E-state index in [0.29, 0.717) is 5.56 Å². The van der Waals surface area contributed by atoms with Crippen molar-refractivity contribution in [2.24, 2.45) is 5.16 Å². The number of benzene rings is 1. The molecule has 0 fully saturated rings. The Labute approximate surface area is 91.4 Å². The van der Waals surface area contributed by atoms with Gasteiger partial charge in [-0.2, -0.15) is 0 Å². The van der Waals surface area contributed by atoms with Crippen molar-refractivity contribution in [3.05, 3.63) is 23.8 Å². The van der Waals surface area contributed by atoms with E-state index in [0.717, 1.165) is 0 Å². The highest BCUT2D eigenvalue weighted by atomic mass is 16.5. The van der Waals surface area contributed by atoms with Crippen LogP contribution in [0.4, 0.5) is 0 Å². The van der Waals surface area contributed by atoms with Gasteiger partial charge in [0.2, 0.25) is 0 Å². The zero-order valence-electron chi connectivity index (χ0n) is 8.54. The molecule has 0 aliphatic rings. The van der Waals surface area contributed by atoms with Gasteiger partial charge in [-0.25, -0.2) is 4.79 Å². The maximum Gasteiger partial charge on any atom is 0.354 e. The number of aromatic hydroxyl groups is 1. The Balaban J connectivity index is 2.94. The topological polar surface area (TPSA) is 99.4 Å². The van der Waals surface area contributed by atoms with Crippen molar-refractivity contribution < 1.29 is 25.0 Å². The highest BCUT2D eigenvalue weighted by Crippen LogP contribution is 2.26. The van der Waals surface area contributed by atoms with E-state index in [4.69, 9.17) is 15.1 Å². The number of aliphatic carboxylic acids is 1. The number of phenols is 1. The minimum Gasteiger partial charge on any atom is -0.504 e. The predicted octanol–water partition coefficient (Wildman–Crippen LogP) is 0.858. The average Bonchev–Trinajstić information content (AvgIpc) is 2.27. The van der Waals surface area contributed by atoms with Crippen LogP contribution in [0.25, 0.3) is 0 Å². The van der Waals surface area contributed by atoms with Crippen LogP contribution in [0.1, 0.15) is 5.56 Å². The van der Waals surface area contributed by atoms with Gasteiger partial charge in [-0.15, -0.1) is 0 Å². The normalized spacial score (nSPS) is 11.2. The summed E-state index contributed by atoms with van der Waals surface area (Å²) in [6, 6.07) is 4.38. The zero-order chi connectivity index (χ0) is 12.1. The van der Waals surface area contributed by atoms with Gasteiger partial charge in [0.15, 0.2) is 17.2 Å². The van der Waals surface area contributed by atoms with Crippen LogP contribution in [-0.2, 0) is 11.2 Å². The molecule has 0 aromatic heterocycles. The molecule has 16 heavy (non-hydrogen) atoms. The monoisotopic (exact) mass is 225 g/mol. The van der Waals surface area contributed by atoms with Crippen LogP contribution < -0.4 is 4.74 Å². The summed E-state index contributed by atoms with van der Waals surface area (Å²) in [7, 11) is 1.39. The van der Waals surface area contributed by atoms with Crippen LogP contribution in [0.3, 0.4) is 0 Å². The summed E-state index contributed by atoms with van der Waals surface area (Å²) in [5, 5.41) is 29.1. The molecular formula is C10H11NO5. The quantitative estimate of drug-likeness (QED) is 0.401. The van der Waals surface area contributed by atoms with Crippen molar-refractivity contribution in [1.29, 1.82) is 0 Å². The molecule has 0 aliphatic heterocycles. The summed E-state index contributed by atoms with van der Waals surface area (Å²) < 4.78 is 4.86. The summed E-state index contributed by atoms with van der Waals surface area (Å²) >= 11 is 0. The molecule has 0 spiro atoms. The molecule has 0 saturated carbocycles. The second-order valence-corrected chi connectivity index (χ2v) is 3.03. The lowest BCUT2D eigenvalue weighted by Gasteiger charge is -2.05. The smallest absolute Gasteiger partial charge is 0.354 e. The lowest BCUT2D eigenvalue weighted by atomic mass is 10.1. The summed E-state index contributed by atoms with van der Waals surface area (Å²) in [6.45, 7) is 0. The number of hydrogen-bond acceptors (Lipinski definition) is 5. The fourth-order valence-electron chi connectivity index (χ4n) is 1.18. The van der Waals surface area contributed by atoms with Crippen molar-refractivity contribution in [2.45, 2.75) is 6.42 Å². The highest BCUT2D eigenvalue weighted by Gasteiger charge is 2.12. The summed E-state index contributed by atoms with van der Waals surface area (Å²) in [4.78, 5) is 10.6. The fourth-order valence-corrected chi connectivity index (χ4v) is 1.18. The first-order chi connectivity index (χ1) is 7.58. The van der Waals surface area contributed by atoms with Crippen LogP contribution in [-0.4, -0.2) is 34.2 Å². The summed E-state index contributed by atoms with van der Waals surface area (Å²) in [5.74, 6) is -1.10. The Morgan fingerprint density at radius 2 is 2.19 bits per heavy atom. The van der Waals surface area contributed by atoms with Gasteiger partial charge < -0.3 is 20.2 Å². The first kappa shape index (κ1) is 11.8. The molecule has 1 rings (SSSR count). The second kappa shape index (κ2) is 5.01. The molecule has 6 nitrogen and oxygen atoms in total. The van der Waals surface area contributed by atoms with Gasteiger partial charge in [-0.1, -0.05) is 11.2 Å². The van der Waals surface area contributed by atoms with E-state index in [1.54, 1.807) is 0 Å². The minimum absolute atomic E-state index is 0.0379. The average molecular weight is 225 g/mol. The molecule has 86 valence electrons. The SMILES string of the molecule is COc1cc(C/C(=N/O)C(=O)O)ccc1O. The lowest BCUT2D eigenvalue weighted by molar-refractivity contribution is -0.129. The van der Waals surface area contributed by atoms with E-state index in [-0.39, 0.29) is 23.6 Å². The maximum absolute atomic E-state index is 10.6. The lowest BCUT2D eigenvalue weighted by Crippen LogP contribution is -2.15. The third-order valence-electron chi connectivity index (χ3n) is 1.98. The van der Waals surface area contributed by atoms with Gasteiger partial charge in [0.05, 0.1) is 7.11 Å². The number of nitrogens with zero attached hydrogens (tertiary/aromatic N) is 1. The largest absolute Gasteiger partial charge is 0.504 e. The Morgan fingerprint density at radius 3 is 2.69 bits per heavy atom. The number of ether oxygens (including phenoxy) is 1. The Hall–Kier alpha value is -2.24. The number of phenolic OH excluding ortho intramolecular Hbond substituents is 1. The molecule has 0 aliphatic carbocycles. The van der Waals surface area contributed by atoms with Crippen molar-refractivity contribution in [3.63, 3.8) is 0 Å². The molecule has 0 unspecified atom stereocenters. The van der Waals surface area contributed by atoms with E-state index in [2.05, 4.69) is 5.16 Å². The predicted molar refractivity (Wildman–Crippen MR) is 55.2 cm³/mol. The number of hydrogen-bond donors (Lipinski definition) is 3. The summed E-state index contributed by atoms with van der Waals surface area (Å²) in [6.07, 6.45) is -0.0531. The van der Waals surface area contributed by atoms with Gasteiger partial charge in [0.25, 0.3) is 0 Å². The molecule has 1 aromatic rings. The maximum atomic E-state index is 10.6. The first-order valence-corrected chi connectivity index (χ1v) is 4.38. The van der Waals surface area contributed by atoms with E-state index < -0.39 is 5.97 Å². The number of rotatable bonds is 4. The molecule has 0 radical (unpaired) electrons. The van der Waals surface area contributed by atoms with E-state index in [1.807, 2.05) is 0 Å². The van der Waals surface area contributed by atoms with Gasteiger partial charge in [-0.05, 0) is 17.7 Å². The van der Waals surface area contributed by atoms with E-state index >= 15 is 0 Å². The molecule has 0 heterocycles. The van der Waals surface area contributed by atoms with Gasteiger partial charge in [-0.3, -0.25) is 0 Å². The van der Waals surface area contributed by atoms with E-state index in [1.165, 1.54) is 25.3 Å². The van der Waals surface area contributed by atoms with Crippen LogP contribution in [0.15, 0.2) is 23.4 Å². The third kappa shape index (κ3) is 2.63. The van der Waals surface area contributed by atoms with E-state index in [9.17, 15) is 9.90 Å². The zero-order valence-corrected chi connectivity index (χ0v) is 8.54. The van der Waals surface area contributed by atoms with Crippen LogP contribution in [0.2, 0.25) is 0 Å². The molecule has 0 amide bonds. The highest BCUT2D eigenvalue weighted by molar-refractivity contribution is 6.35. The van der Waals surface area contributed by atoms with Gasteiger partial charge in [0.1, 0.15) is 0 Å². The van der Waals surface area contributed by atoms with Crippen molar-refractivity contribution in [1.82, 2.24) is 0 Å². The molecule has 0 atom stereocenters. The molecule has 0 saturated heterocycles. The van der Waals surface area contributed by atoms with Gasteiger partial charge in [0, 0.05) is 6.42 Å². The number of carboxylic acids is 1. The van der Waals surface area contributed by atoms with Gasteiger partial charge >= 0.3 is 5.97 Å². The summed E-state index contributed by atoms with van der Waals surface area (Å²) in [5.41, 5.74) is 0.178. The van der Waals surface area contributed by atoms with Crippen LogP contribution in [0.5, 0.6) is 11.5 Å². The number of carbonyl (C=O) groups is 1. The second-order valence-electron chi connectivity index (χ2n) is 3.03. The molecule has 6 heteroatoms. The molecular weight excluding hydrogens is 214 g/mol. The Morgan fingerprint density at radius 1 is 1.50 bits per heavy atom. The third-order valence-corrected chi connectivity index (χ3v) is 1.98. The fraction of sp³-hybridized carbons (Fsp3) is 0.200. The molecule has 1 aromatic carbocycles. The van der Waals surface area contributed by atoms with Crippen molar-refractivity contribution >= 4 is 11.7 Å². The minimum atomic E-state index is -1.30. The standard InChI is InChI=1S/C10H11NO5/c1-16-9-5-6(2-3-8(9)12)4-7(11-15)10(13)14/h2-3,5,12,15H,4H2,1H3,(H,13,14)/b11-7-. The van der Waals surface area contributed by atoms with Crippen molar-refractivity contribution in [3.8, 4) is 11.5 Å².